The Labute approximate surface area is 115 Å². The van der Waals surface area contributed by atoms with Crippen molar-refractivity contribution in [2.45, 2.75) is 19.8 Å². The molecule has 0 spiro atoms. The van der Waals surface area contributed by atoms with Crippen LogP contribution in [-0.4, -0.2) is 9.97 Å². The highest BCUT2D eigenvalue weighted by Gasteiger charge is 2.08. The molecule has 3 aromatic rings. The summed E-state index contributed by atoms with van der Waals surface area (Å²) in [5.74, 6) is 1.04. The van der Waals surface area contributed by atoms with Gasteiger partial charge in [0.15, 0.2) is 0 Å². The third-order valence-electron chi connectivity index (χ3n) is 3.19. The van der Waals surface area contributed by atoms with Crippen LogP contribution in [0.3, 0.4) is 0 Å². The number of aromatic nitrogens is 2. The predicted octanol–water partition coefficient (Wildman–Crippen LogP) is 3.78. The van der Waals surface area contributed by atoms with Crippen molar-refractivity contribution in [1.29, 1.82) is 0 Å². The van der Waals surface area contributed by atoms with Crippen LogP contribution in [0.2, 0.25) is 0 Å². The summed E-state index contributed by atoms with van der Waals surface area (Å²) in [5.41, 5.74) is 2.78. The first-order valence-corrected chi connectivity index (χ1v) is 7.16. The van der Waals surface area contributed by atoms with Crippen LogP contribution in [0.25, 0.3) is 22.3 Å². The van der Waals surface area contributed by atoms with Gasteiger partial charge in [-0.2, -0.15) is 11.3 Å². The van der Waals surface area contributed by atoms with E-state index in [2.05, 4.69) is 23.8 Å². The molecule has 4 heteroatoms. The van der Waals surface area contributed by atoms with Crippen LogP contribution >= 0.6 is 11.3 Å². The quantitative estimate of drug-likeness (QED) is 0.770. The molecular weight excluding hydrogens is 256 g/mol. The molecule has 0 saturated heterocycles. The van der Waals surface area contributed by atoms with Crippen molar-refractivity contribution in [3.05, 3.63) is 50.9 Å². The maximum atomic E-state index is 12.2. The smallest absolute Gasteiger partial charge is 0.259 e. The average molecular weight is 270 g/mol. The van der Waals surface area contributed by atoms with E-state index in [1.54, 1.807) is 11.3 Å². The molecule has 19 heavy (non-hydrogen) atoms. The maximum Gasteiger partial charge on any atom is 0.259 e. The topological polar surface area (TPSA) is 45.8 Å². The van der Waals surface area contributed by atoms with Gasteiger partial charge in [0.05, 0.1) is 10.9 Å². The van der Waals surface area contributed by atoms with Crippen molar-refractivity contribution in [3.63, 3.8) is 0 Å². The van der Waals surface area contributed by atoms with E-state index >= 15 is 0 Å². The summed E-state index contributed by atoms with van der Waals surface area (Å²) in [7, 11) is 0. The van der Waals surface area contributed by atoms with Crippen LogP contribution in [0.5, 0.6) is 0 Å². The lowest BCUT2D eigenvalue weighted by molar-refractivity contribution is 0.868. The summed E-state index contributed by atoms with van der Waals surface area (Å²) >= 11 is 1.59. The first kappa shape index (κ1) is 12.1. The van der Waals surface area contributed by atoms with Gasteiger partial charge < -0.3 is 4.98 Å². The lowest BCUT2D eigenvalue weighted by Gasteiger charge is -2.07. The van der Waals surface area contributed by atoms with E-state index in [0.29, 0.717) is 17.1 Å². The van der Waals surface area contributed by atoms with E-state index in [9.17, 15) is 4.79 Å². The first-order chi connectivity index (χ1) is 9.15. The van der Waals surface area contributed by atoms with E-state index in [-0.39, 0.29) is 5.56 Å². The number of hydrogen-bond acceptors (Lipinski definition) is 3. The van der Waals surface area contributed by atoms with Gasteiger partial charge in [0.1, 0.15) is 5.82 Å². The monoisotopic (exact) mass is 270 g/mol. The molecule has 96 valence electrons. The maximum absolute atomic E-state index is 12.2. The summed E-state index contributed by atoms with van der Waals surface area (Å²) in [4.78, 5) is 19.6. The first-order valence-electron chi connectivity index (χ1n) is 6.21. The lowest BCUT2D eigenvalue weighted by atomic mass is 10.0. The van der Waals surface area contributed by atoms with E-state index in [1.807, 2.05) is 35.0 Å². The molecule has 1 aromatic carbocycles. The number of rotatable bonds is 2. The van der Waals surface area contributed by atoms with Gasteiger partial charge in [-0.3, -0.25) is 4.79 Å². The highest BCUT2D eigenvalue weighted by molar-refractivity contribution is 7.08. The summed E-state index contributed by atoms with van der Waals surface area (Å²) in [6, 6.07) is 7.85. The molecule has 0 aliphatic carbocycles. The summed E-state index contributed by atoms with van der Waals surface area (Å²) in [5, 5.41) is 4.61. The second-order valence-electron chi connectivity index (χ2n) is 4.86. The van der Waals surface area contributed by atoms with Crippen LogP contribution < -0.4 is 5.56 Å². The Morgan fingerprint density at radius 2 is 2.11 bits per heavy atom. The molecule has 0 bridgehead atoms. The number of nitrogens with zero attached hydrogens (tertiary/aromatic N) is 1. The molecule has 0 aliphatic heterocycles. The number of fused-ring (bicyclic) bond motifs is 1. The van der Waals surface area contributed by atoms with Gasteiger partial charge in [-0.05, 0) is 35.1 Å². The number of hydrogen-bond donors (Lipinski definition) is 1. The molecule has 0 saturated carbocycles. The Morgan fingerprint density at radius 3 is 2.79 bits per heavy atom. The number of H-pyrrole nitrogens is 1. The van der Waals surface area contributed by atoms with Gasteiger partial charge in [-0.25, -0.2) is 4.98 Å². The summed E-state index contributed by atoms with van der Waals surface area (Å²) in [6.07, 6.45) is 0. The highest BCUT2D eigenvalue weighted by atomic mass is 32.1. The third kappa shape index (κ3) is 2.19. The average Bonchev–Trinajstić information content (AvgIpc) is 2.92. The van der Waals surface area contributed by atoms with Crippen molar-refractivity contribution < 1.29 is 0 Å². The molecule has 0 fully saturated rings. The van der Waals surface area contributed by atoms with Crippen molar-refractivity contribution in [2.24, 2.45) is 0 Å². The van der Waals surface area contributed by atoms with Crippen molar-refractivity contribution in [2.75, 3.05) is 0 Å². The fourth-order valence-electron chi connectivity index (χ4n) is 2.05. The number of benzene rings is 1. The standard InChI is InChI=1S/C15H14N2OS/c1-9(2)10-3-4-13-12(7-10)15(18)17-14(16-13)11-5-6-19-8-11/h3-9H,1-2H3,(H,16,17,18). The minimum atomic E-state index is -0.0753. The predicted molar refractivity (Wildman–Crippen MR) is 79.8 cm³/mol. The molecule has 0 atom stereocenters. The second-order valence-corrected chi connectivity index (χ2v) is 5.64. The summed E-state index contributed by atoms with van der Waals surface area (Å²) < 4.78 is 0. The molecular formula is C15H14N2OS. The van der Waals surface area contributed by atoms with Crippen LogP contribution in [0.15, 0.2) is 39.8 Å². The number of aromatic amines is 1. The highest BCUT2D eigenvalue weighted by Crippen LogP contribution is 2.21. The molecule has 0 unspecified atom stereocenters. The fraction of sp³-hybridized carbons (Fsp3) is 0.200. The Kier molecular flexibility index (Phi) is 2.95. The van der Waals surface area contributed by atoms with E-state index in [1.165, 1.54) is 0 Å². The fourth-order valence-corrected chi connectivity index (χ4v) is 2.69. The third-order valence-corrected chi connectivity index (χ3v) is 3.87. The number of thiophene rings is 1. The van der Waals surface area contributed by atoms with Crippen LogP contribution in [0.4, 0.5) is 0 Å². The van der Waals surface area contributed by atoms with Crippen LogP contribution in [0, 0.1) is 0 Å². The largest absolute Gasteiger partial charge is 0.306 e. The van der Waals surface area contributed by atoms with Gasteiger partial charge in [0.2, 0.25) is 0 Å². The van der Waals surface area contributed by atoms with E-state index < -0.39 is 0 Å². The van der Waals surface area contributed by atoms with Crippen molar-refractivity contribution in [3.8, 4) is 11.4 Å². The Hall–Kier alpha value is -1.94. The Bertz CT molecular complexity index is 772. The second kappa shape index (κ2) is 4.63. The molecule has 2 aromatic heterocycles. The minimum absolute atomic E-state index is 0.0753. The van der Waals surface area contributed by atoms with Crippen LogP contribution in [-0.2, 0) is 0 Å². The molecule has 3 rings (SSSR count). The van der Waals surface area contributed by atoms with Gasteiger partial charge >= 0.3 is 0 Å². The van der Waals surface area contributed by atoms with Crippen molar-refractivity contribution in [1.82, 2.24) is 9.97 Å². The van der Waals surface area contributed by atoms with Crippen molar-refractivity contribution >= 4 is 22.2 Å². The normalized spacial score (nSPS) is 11.3. The zero-order valence-corrected chi connectivity index (χ0v) is 11.6. The molecule has 0 amide bonds. The Balaban J connectivity index is 2.23. The van der Waals surface area contributed by atoms with Gasteiger partial charge in [0.25, 0.3) is 5.56 Å². The zero-order chi connectivity index (χ0) is 13.4. The van der Waals surface area contributed by atoms with Gasteiger partial charge in [-0.1, -0.05) is 19.9 Å². The SMILES string of the molecule is CC(C)c1ccc2nc(-c3ccsc3)[nH]c(=O)c2c1. The molecule has 0 radical (unpaired) electrons. The lowest BCUT2D eigenvalue weighted by Crippen LogP contribution is -2.09. The molecule has 3 nitrogen and oxygen atoms in total. The molecule has 1 N–H and O–H groups in total. The zero-order valence-electron chi connectivity index (χ0n) is 10.8. The summed E-state index contributed by atoms with van der Waals surface area (Å²) in [6.45, 7) is 4.23. The molecule has 0 aliphatic rings. The van der Waals surface area contributed by atoms with Gasteiger partial charge in [-0.15, -0.1) is 0 Å². The minimum Gasteiger partial charge on any atom is -0.306 e. The number of nitrogens with one attached hydrogen (secondary N) is 1. The van der Waals surface area contributed by atoms with Gasteiger partial charge in [0, 0.05) is 10.9 Å². The van der Waals surface area contributed by atoms with E-state index in [4.69, 9.17) is 0 Å². The van der Waals surface area contributed by atoms with E-state index in [0.717, 1.165) is 16.6 Å². The van der Waals surface area contributed by atoms with Crippen LogP contribution in [0.1, 0.15) is 25.3 Å². The Morgan fingerprint density at radius 1 is 1.26 bits per heavy atom. The molecule has 2 heterocycles.